The first-order valence-corrected chi connectivity index (χ1v) is 6.68. The van der Waals surface area contributed by atoms with Crippen molar-refractivity contribution in [2.45, 2.75) is 34.6 Å². The maximum Gasteiger partial charge on any atom is 0.286 e. The van der Waals surface area contributed by atoms with E-state index in [1.54, 1.807) is 40.7 Å². The minimum Gasteiger partial charge on any atom is -0.403 e. The van der Waals surface area contributed by atoms with Gasteiger partial charge in [0.1, 0.15) is 0 Å². The molecule has 0 aliphatic heterocycles. The Hall–Kier alpha value is -1.91. The average molecular weight is 279 g/mol. The van der Waals surface area contributed by atoms with Crippen LogP contribution < -0.4 is 10.4 Å². The Balaban J connectivity index is 2.98. The van der Waals surface area contributed by atoms with Crippen molar-refractivity contribution >= 4 is 11.6 Å². The Morgan fingerprint density at radius 2 is 1.80 bits per heavy atom. The zero-order chi connectivity index (χ0) is 15.4. The third-order valence-electron chi connectivity index (χ3n) is 3.08. The van der Waals surface area contributed by atoms with Gasteiger partial charge in [0.15, 0.2) is 18.2 Å². The number of ketones is 2. The summed E-state index contributed by atoms with van der Waals surface area (Å²) in [6.45, 7) is 8.53. The highest BCUT2D eigenvalue weighted by molar-refractivity contribution is 5.98. The van der Waals surface area contributed by atoms with Crippen molar-refractivity contribution in [3.05, 3.63) is 33.7 Å². The summed E-state index contributed by atoms with van der Waals surface area (Å²) in [4.78, 5) is 40.7. The first kappa shape index (κ1) is 16.1. The SMILES string of the molecule is Cc1c(C(=O)C(C)C)ccn(OCC(=O)C(C)C)c1=O. The van der Waals surface area contributed by atoms with Gasteiger partial charge in [-0.25, -0.2) is 0 Å². The van der Waals surface area contributed by atoms with E-state index in [2.05, 4.69) is 0 Å². The lowest BCUT2D eigenvalue weighted by Crippen LogP contribution is -2.33. The van der Waals surface area contributed by atoms with Gasteiger partial charge in [-0.1, -0.05) is 27.7 Å². The molecule has 20 heavy (non-hydrogen) atoms. The fraction of sp³-hybridized carbons (Fsp3) is 0.533. The molecule has 0 N–H and O–H groups in total. The fourth-order valence-electron chi connectivity index (χ4n) is 1.59. The second kappa shape index (κ2) is 6.50. The highest BCUT2D eigenvalue weighted by Gasteiger charge is 2.17. The van der Waals surface area contributed by atoms with Crippen molar-refractivity contribution in [2.24, 2.45) is 11.8 Å². The number of carbonyl (C=O) groups excluding carboxylic acids is 2. The van der Waals surface area contributed by atoms with Crippen molar-refractivity contribution < 1.29 is 14.4 Å². The molecule has 110 valence electrons. The molecule has 0 aliphatic carbocycles. The third-order valence-corrected chi connectivity index (χ3v) is 3.08. The predicted octanol–water partition coefficient (Wildman–Crippen LogP) is 1.65. The number of carbonyl (C=O) groups is 2. The van der Waals surface area contributed by atoms with Crippen LogP contribution in [0.2, 0.25) is 0 Å². The summed E-state index contributed by atoms with van der Waals surface area (Å²) in [6, 6.07) is 1.55. The Labute approximate surface area is 118 Å². The van der Waals surface area contributed by atoms with Gasteiger partial charge in [0.25, 0.3) is 5.56 Å². The highest BCUT2D eigenvalue weighted by atomic mass is 16.7. The Morgan fingerprint density at radius 3 is 2.30 bits per heavy atom. The minimum absolute atomic E-state index is 0.0787. The van der Waals surface area contributed by atoms with Crippen LogP contribution >= 0.6 is 0 Å². The van der Waals surface area contributed by atoms with Crippen LogP contribution in [-0.2, 0) is 4.79 Å². The summed E-state index contributed by atoms with van der Waals surface area (Å²) in [5, 5.41) is 0. The molecule has 0 fully saturated rings. The van der Waals surface area contributed by atoms with Crippen LogP contribution in [0.5, 0.6) is 0 Å². The van der Waals surface area contributed by atoms with Gasteiger partial charge in [-0.05, 0) is 13.0 Å². The van der Waals surface area contributed by atoms with E-state index in [0.717, 1.165) is 4.73 Å². The average Bonchev–Trinajstić information content (AvgIpc) is 2.39. The summed E-state index contributed by atoms with van der Waals surface area (Å²) in [5.41, 5.74) is 0.330. The van der Waals surface area contributed by atoms with Crippen LogP contribution in [0.15, 0.2) is 17.1 Å². The number of hydrogen-bond donors (Lipinski definition) is 0. The number of rotatable bonds is 6. The second-order valence-corrected chi connectivity index (χ2v) is 5.40. The molecular formula is C15H21NO4. The van der Waals surface area contributed by atoms with Crippen molar-refractivity contribution in [2.75, 3.05) is 6.61 Å². The normalized spacial score (nSPS) is 10.9. The molecule has 5 nitrogen and oxygen atoms in total. The zero-order valence-electron chi connectivity index (χ0n) is 12.6. The molecule has 1 heterocycles. The lowest BCUT2D eigenvalue weighted by Gasteiger charge is -2.12. The number of aromatic nitrogens is 1. The van der Waals surface area contributed by atoms with E-state index < -0.39 is 5.56 Å². The standard InChI is InChI=1S/C15H21NO4/c1-9(2)13(17)8-20-16-7-6-12(11(5)15(16)19)14(18)10(3)4/h6-7,9-10H,8H2,1-5H3. The largest absolute Gasteiger partial charge is 0.403 e. The van der Waals surface area contributed by atoms with Gasteiger partial charge >= 0.3 is 0 Å². The maximum atomic E-state index is 12.1. The van der Waals surface area contributed by atoms with Gasteiger partial charge in [-0.15, -0.1) is 0 Å². The van der Waals surface area contributed by atoms with Crippen molar-refractivity contribution in [3.8, 4) is 0 Å². The highest BCUT2D eigenvalue weighted by Crippen LogP contribution is 2.09. The van der Waals surface area contributed by atoms with E-state index in [0.29, 0.717) is 11.1 Å². The molecule has 0 bridgehead atoms. The number of nitrogens with zero attached hydrogens (tertiary/aromatic N) is 1. The quantitative estimate of drug-likeness (QED) is 0.743. The van der Waals surface area contributed by atoms with Gasteiger partial charge < -0.3 is 4.84 Å². The lowest BCUT2D eigenvalue weighted by atomic mass is 9.99. The van der Waals surface area contributed by atoms with Gasteiger partial charge in [0, 0.05) is 29.2 Å². The molecule has 1 rings (SSSR count). The van der Waals surface area contributed by atoms with Crippen LogP contribution in [-0.4, -0.2) is 22.9 Å². The molecule has 0 atom stereocenters. The molecule has 1 aromatic heterocycles. The van der Waals surface area contributed by atoms with Gasteiger partial charge in [0.05, 0.1) is 0 Å². The monoisotopic (exact) mass is 279 g/mol. The Morgan fingerprint density at radius 1 is 1.20 bits per heavy atom. The lowest BCUT2D eigenvalue weighted by molar-refractivity contribution is -0.126. The molecule has 0 aromatic carbocycles. The fourth-order valence-corrected chi connectivity index (χ4v) is 1.59. The van der Waals surface area contributed by atoms with Gasteiger partial charge in [-0.3, -0.25) is 14.4 Å². The summed E-state index contributed by atoms with van der Waals surface area (Å²) in [7, 11) is 0. The molecule has 5 heteroatoms. The van der Waals surface area contributed by atoms with E-state index in [1.807, 2.05) is 0 Å². The van der Waals surface area contributed by atoms with Crippen LogP contribution in [0.3, 0.4) is 0 Å². The molecule has 1 aromatic rings. The molecule has 0 aliphatic rings. The third kappa shape index (κ3) is 3.56. The molecule has 0 unspecified atom stereocenters. The predicted molar refractivity (Wildman–Crippen MR) is 75.9 cm³/mol. The van der Waals surface area contributed by atoms with Crippen LogP contribution in [0.4, 0.5) is 0 Å². The summed E-state index contributed by atoms with van der Waals surface area (Å²) in [5.74, 6) is -0.483. The van der Waals surface area contributed by atoms with E-state index in [-0.39, 0.29) is 30.0 Å². The number of pyridine rings is 1. The van der Waals surface area contributed by atoms with E-state index >= 15 is 0 Å². The molecular weight excluding hydrogens is 258 g/mol. The summed E-state index contributed by atoms with van der Waals surface area (Å²) >= 11 is 0. The molecule has 0 spiro atoms. The molecule has 0 amide bonds. The second-order valence-electron chi connectivity index (χ2n) is 5.40. The smallest absolute Gasteiger partial charge is 0.286 e. The topological polar surface area (TPSA) is 65.4 Å². The molecule has 0 radical (unpaired) electrons. The maximum absolute atomic E-state index is 12.1. The van der Waals surface area contributed by atoms with Crippen molar-refractivity contribution in [3.63, 3.8) is 0 Å². The van der Waals surface area contributed by atoms with Crippen LogP contribution in [0.1, 0.15) is 43.6 Å². The molecule has 0 saturated carbocycles. The first-order chi connectivity index (χ1) is 9.25. The summed E-state index contributed by atoms with van der Waals surface area (Å²) < 4.78 is 1.01. The van der Waals surface area contributed by atoms with Crippen LogP contribution in [0, 0.1) is 18.8 Å². The number of Topliss-reactive ketones (excluding diaryl/α,β-unsaturated/α-hetero) is 2. The first-order valence-electron chi connectivity index (χ1n) is 6.68. The van der Waals surface area contributed by atoms with Gasteiger partial charge in [0.2, 0.25) is 0 Å². The molecule has 0 saturated heterocycles. The van der Waals surface area contributed by atoms with Crippen molar-refractivity contribution in [1.29, 1.82) is 0 Å². The Bertz CT molecular complexity index is 570. The number of hydrogen-bond acceptors (Lipinski definition) is 4. The van der Waals surface area contributed by atoms with E-state index in [9.17, 15) is 14.4 Å². The van der Waals surface area contributed by atoms with Crippen molar-refractivity contribution in [1.82, 2.24) is 4.73 Å². The minimum atomic E-state index is -0.409. The summed E-state index contributed by atoms with van der Waals surface area (Å²) in [6.07, 6.45) is 1.39. The zero-order valence-corrected chi connectivity index (χ0v) is 12.6. The Kier molecular flexibility index (Phi) is 5.25. The van der Waals surface area contributed by atoms with Crippen LogP contribution in [0.25, 0.3) is 0 Å². The van der Waals surface area contributed by atoms with Gasteiger partial charge in [-0.2, -0.15) is 4.73 Å². The van der Waals surface area contributed by atoms with E-state index in [4.69, 9.17) is 4.84 Å². The van der Waals surface area contributed by atoms with E-state index in [1.165, 1.54) is 6.20 Å².